The molecule has 3 unspecified atom stereocenters. The lowest BCUT2D eigenvalue weighted by atomic mass is 10.1. The first kappa shape index (κ1) is 11.8. The van der Waals surface area contributed by atoms with Crippen molar-refractivity contribution in [2.75, 3.05) is 26.4 Å². The van der Waals surface area contributed by atoms with Gasteiger partial charge < -0.3 is 20.5 Å². The molecule has 0 aromatic rings. The van der Waals surface area contributed by atoms with E-state index in [1.807, 2.05) is 0 Å². The number of carbonyl (C=O) groups is 1. The van der Waals surface area contributed by atoms with E-state index in [0.717, 1.165) is 19.3 Å². The lowest BCUT2D eigenvalue weighted by Crippen LogP contribution is -2.44. The van der Waals surface area contributed by atoms with Crippen molar-refractivity contribution in [3.05, 3.63) is 0 Å². The van der Waals surface area contributed by atoms with E-state index in [4.69, 9.17) is 15.2 Å². The summed E-state index contributed by atoms with van der Waals surface area (Å²) in [6.07, 6.45) is 2.78. The smallest absolute Gasteiger partial charge is 0.251 e. The Labute approximate surface area is 95.7 Å². The fourth-order valence-corrected chi connectivity index (χ4v) is 2.30. The normalized spacial score (nSPS) is 34.9. The molecule has 1 aliphatic heterocycles. The third kappa shape index (κ3) is 3.17. The van der Waals surface area contributed by atoms with Crippen LogP contribution < -0.4 is 11.1 Å². The van der Waals surface area contributed by atoms with Gasteiger partial charge in [-0.1, -0.05) is 0 Å². The third-order valence-corrected chi connectivity index (χ3v) is 3.26. The quantitative estimate of drug-likeness (QED) is 0.692. The van der Waals surface area contributed by atoms with Crippen LogP contribution in [0.4, 0.5) is 0 Å². The van der Waals surface area contributed by atoms with E-state index < -0.39 is 6.10 Å². The van der Waals surface area contributed by atoms with Gasteiger partial charge in [-0.25, -0.2) is 0 Å². The Morgan fingerprint density at radius 3 is 2.88 bits per heavy atom. The minimum atomic E-state index is -0.427. The molecular weight excluding hydrogens is 208 g/mol. The fourth-order valence-electron chi connectivity index (χ4n) is 2.30. The number of nitrogens with two attached hydrogens (primary N) is 1. The van der Waals surface area contributed by atoms with Crippen molar-refractivity contribution < 1.29 is 14.3 Å². The summed E-state index contributed by atoms with van der Waals surface area (Å²) in [7, 11) is 0. The average molecular weight is 228 g/mol. The molecule has 2 rings (SSSR count). The molecule has 3 atom stereocenters. The molecular formula is C11H20N2O3. The standard InChI is InChI=1S/C11H20N2O3/c12-9-2-1-8(5-9)6-13-11(14)10-7-15-3-4-16-10/h8-10H,1-7,12H2,(H,13,14). The van der Waals surface area contributed by atoms with Crippen LogP contribution in [0.15, 0.2) is 0 Å². The van der Waals surface area contributed by atoms with Crippen LogP contribution in [-0.2, 0) is 14.3 Å². The fraction of sp³-hybridized carbons (Fsp3) is 0.909. The lowest BCUT2D eigenvalue weighted by Gasteiger charge is -2.22. The van der Waals surface area contributed by atoms with Gasteiger partial charge in [-0.05, 0) is 25.2 Å². The van der Waals surface area contributed by atoms with Gasteiger partial charge in [0.15, 0.2) is 6.10 Å². The van der Waals surface area contributed by atoms with E-state index in [2.05, 4.69) is 5.32 Å². The van der Waals surface area contributed by atoms with Gasteiger partial charge in [-0.2, -0.15) is 0 Å². The van der Waals surface area contributed by atoms with Crippen LogP contribution in [0, 0.1) is 5.92 Å². The first-order valence-electron chi connectivity index (χ1n) is 5.98. The third-order valence-electron chi connectivity index (χ3n) is 3.26. The van der Waals surface area contributed by atoms with E-state index in [9.17, 15) is 4.79 Å². The molecule has 1 aliphatic carbocycles. The molecule has 3 N–H and O–H groups in total. The van der Waals surface area contributed by atoms with E-state index in [1.165, 1.54) is 0 Å². The summed E-state index contributed by atoms with van der Waals surface area (Å²) in [4.78, 5) is 11.7. The minimum Gasteiger partial charge on any atom is -0.376 e. The number of carbonyl (C=O) groups excluding carboxylic acids is 1. The highest BCUT2D eigenvalue weighted by Gasteiger charge is 2.25. The molecule has 0 aromatic heterocycles. The van der Waals surface area contributed by atoms with Crippen molar-refractivity contribution in [2.24, 2.45) is 11.7 Å². The largest absolute Gasteiger partial charge is 0.376 e. The highest BCUT2D eigenvalue weighted by atomic mass is 16.6. The maximum absolute atomic E-state index is 11.7. The van der Waals surface area contributed by atoms with Crippen molar-refractivity contribution in [3.63, 3.8) is 0 Å². The number of nitrogens with one attached hydrogen (secondary N) is 1. The highest BCUT2D eigenvalue weighted by molar-refractivity contribution is 5.80. The van der Waals surface area contributed by atoms with E-state index >= 15 is 0 Å². The maximum atomic E-state index is 11.7. The van der Waals surface area contributed by atoms with Gasteiger partial charge in [0, 0.05) is 12.6 Å². The Morgan fingerprint density at radius 1 is 1.38 bits per heavy atom. The summed E-state index contributed by atoms with van der Waals surface area (Å²) in [5.41, 5.74) is 5.82. The molecule has 16 heavy (non-hydrogen) atoms. The van der Waals surface area contributed by atoms with Gasteiger partial charge in [0.05, 0.1) is 19.8 Å². The Morgan fingerprint density at radius 2 is 2.25 bits per heavy atom. The van der Waals surface area contributed by atoms with E-state index in [-0.39, 0.29) is 5.91 Å². The van der Waals surface area contributed by atoms with Gasteiger partial charge in [-0.3, -0.25) is 4.79 Å². The molecule has 92 valence electrons. The highest BCUT2D eigenvalue weighted by Crippen LogP contribution is 2.23. The Bertz CT molecular complexity index is 241. The molecule has 0 aromatic carbocycles. The molecule has 2 fully saturated rings. The molecule has 0 radical (unpaired) electrons. The van der Waals surface area contributed by atoms with Crippen molar-refractivity contribution in [1.29, 1.82) is 0 Å². The number of ether oxygens (including phenoxy) is 2. The molecule has 1 amide bonds. The van der Waals surface area contributed by atoms with Crippen molar-refractivity contribution in [2.45, 2.75) is 31.4 Å². The SMILES string of the molecule is NC1CCC(CNC(=O)C2COCCO2)C1. The minimum absolute atomic E-state index is 0.0554. The van der Waals surface area contributed by atoms with Crippen LogP contribution in [0.1, 0.15) is 19.3 Å². The first-order valence-corrected chi connectivity index (χ1v) is 5.98. The van der Waals surface area contributed by atoms with Gasteiger partial charge in [0.1, 0.15) is 0 Å². The second-order valence-corrected chi connectivity index (χ2v) is 4.62. The van der Waals surface area contributed by atoms with Crippen LogP contribution in [-0.4, -0.2) is 44.4 Å². The predicted molar refractivity (Wildman–Crippen MR) is 58.9 cm³/mol. The summed E-state index contributed by atoms with van der Waals surface area (Å²) in [6.45, 7) is 2.18. The topological polar surface area (TPSA) is 73.6 Å². The van der Waals surface area contributed by atoms with Crippen molar-refractivity contribution in [1.82, 2.24) is 5.32 Å². The summed E-state index contributed by atoms with van der Waals surface area (Å²) < 4.78 is 10.5. The number of hydrogen-bond acceptors (Lipinski definition) is 4. The van der Waals surface area contributed by atoms with Crippen molar-refractivity contribution in [3.8, 4) is 0 Å². The van der Waals surface area contributed by atoms with Gasteiger partial charge in [-0.15, -0.1) is 0 Å². The predicted octanol–water partition coefficient (Wildman–Crippen LogP) is -0.355. The van der Waals surface area contributed by atoms with Crippen LogP contribution in [0.5, 0.6) is 0 Å². The maximum Gasteiger partial charge on any atom is 0.251 e. The van der Waals surface area contributed by atoms with Crippen LogP contribution in [0.25, 0.3) is 0 Å². The zero-order valence-corrected chi connectivity index (χ0v) is 9.48. The van der Waals surface area contributed by atoms with Gasteiger partial charge in [0.25, 0.3) is 5.91 Å². The number of rotatable bonds is 3. The monoisotopic (exact) mass is 228 g/mol. The molecule has 0 spiro atoms. The van der Waals surface area contributed by atoms with Crippen LogP contribution in [0.2, 0.25) is 0 Å². The Kier molecular flexibility index (Phi) is 4.15. The van der Waals surface area contributed by atoms with E-state index in [0.29, 0.717) is 38.3 Å². The lowest BCUT2D eigenvalue weighted by molar-refractivity contribution is -0.147. The molecule has 1 heterocycles. The van der Waals surface area contributed by atoms with Crippen LogP contribution in [0.3, 0.4) is 0 Å². The Balaban J connectivity index is 1.66. The molecule has 1 saturated carbocycles. The zero-order valence-electron chi connectivity index (χ0n) is 9.48. The second kappa shape index (κ2) is 5.61. The average Bonchev–Trinajstić information content (AvgIpc) is 2.73. The summed E-state index contributed by atoms with van der Waals surface area (Å²) in [5.74, 6) is 0.476. The molecule has 0 bridgehead atoms. The van der Waals surface area contributed by atoms with E-state index in [1.54, 1.807) is 0 Å². The molecule has 5 nitrogen and oxygen atoms in total. The van der Waals surface area contributed by atoms with Crippen LogP contribution >= 0.6 is 0 Å². The summed E-state index contributed by atoms with van der Waals surface area (Å²) >= 11 is 0. The van der Waals surface area contributed by atoms with Gasteiger partial charge in [0.2, 0.25) is 0 Å². The Hall–Kier alpha value is -0.650. The first-order chi connectivity index (χ1) is 7.75. The second-order valence-electron chi connectivity index (χ2n) is 4.62. The number of amides is 1. The zero-order chi connectivity index (χ0) is 11.4. The van der Waals surface area contributed by atoms with Crippen molar-refractivity contribution >= 4 is 5.91 Å². The van der Waals surface area contributed by atoms with Gasteiger partial charge >= 0.3 is 0 Å². The summed E-state index contributed by atoms with van der Waals surface area (Å²) in [6, 6.07) is 0.316. The summed E-state index contributed by atoms with van der Waals surface area (Å²) in [5, 5.41) is 2.92. The molecule has 1 saturated heterocycles. The molecule has 5 heteroatoms. The molecule has 2 aliphatic rings. The number of hydrogen-bond donors (Lipinski definition) is 2.